The average Bonchev–Trinajstić information content (AvgIpc) is 3.15. The van der Waals surface area contributed by atoms with E-state index in [0.717, 1.165) is 29.5 Å². The molecule has 55 heavy (non-hydrogen) atoms. The van der Waals surface area contributed by atoms with Gasteiger partial charge in [0.05, 0.1) is 6.04 Å². The molecule has 0 radical (unpaired) electrons. The summed E-state index contributed by atoms with van der Waals surface area (Å²) in [6, 6.07) is 22.8. The number of amides is 3. The second-order valence-electron chi connectivity index (χ2n) is 13.7. The lowest BCUT2D eigenvalue weighted by molar-refractivity contribution is -0.142. The van der Waals surface area contributed by atoms with Crippen molar-refractivity contribution in [2.24, 2.45) is 17.4 Å². The smallest absolute Gasteiger partial charge is 0.326 e. The Balaban J connectivity index is 1.60. The molecule has 3 rings (SSSR count). The van der Waals surface area contributed by atoms with E-state index >= 15 is 0 Å². The number of nitrogens with two attached hydrogens (primary N) is 2. The lowest BCUT2D eigenvalue weighted by Crippen LogP contribution is -2.44. The van der Waals surface area contributed by atoms with Gasteiger partial charge in [-0.3, -0.25) is 24.0 Å². The Labute approximate surface area is 321 Å². The fourth-order valence-corrected chi connectivity index (χ4v) is 5.93. The Bertz CT molecular complexity index is 1700. The van der Waals surface area contributed by atoms with Crippen molar-refractivity contribution in [1.29, 1.82) is 0 Å². The maximum absolute atomic E-state index is 13.5. The second-order valence-corrected chi connectivity index (χ2v) is 13.7. The fourth-order valence-electron chi connectivity index (χ4n) is 5.93. The Morgan fingerprint density at radius 1 is 0.745 bits per heavy atom. The average molecular weight is 759 g/mol. The second kappa shape index (κ2) is 23.4. The molecule has 0 aromatic heterocycles. The molecule has 0 aliphatic rings. The molecule has 14 nitrogen and oxygen atoms in total. The Hall–Kier alpha value is -5.44. The van der Waals surface area contributed by atoms with Crippen LogP contribution >= 0.6 is 0 Å². The van der Waals surface area contributed by atoms with Gasteiger partial charge in [0.25, 0.3) is 0 Å². The van der Waals surface area contributed by atoms with Gasteiger partial charge in [0.2, 0.25) is 17.7 Å². The Morgan fingerprint density at radius 3 is 2.02 bits per heavy atom. The lowest BCUT2D eigenvalue weighted by atomic mass is 9.90. The summed E-state index contributed by atoms with van der Waals surface area (Å²) in [5, 5.41) is 29.5. The van der Waals surface area contributed by atoms with Gasteiger partial charge in [0, 0.05) is 56.9 Å². The minimum atomic E-state index is -1.30. The first kappa shape index (κ1) is 44.0. The largest absolute Gasteiger partial charge is 0.481 e. The van der Waals surface area contributed by atoms with Crippen LogP contribution in [0.15, 0.2) is 78.9 Å². The third kappa shape index (κ3) is 17.1. The molecule has 296 valence electrons. The van der Waals surface area contributed by atoms with E-state index in [0.29, 0.717) is 25.2 Å². The van der Waals surface area contributed by atoms with E-state index in [-0.39, 0.29) is 62.8 Å². The highest BCUT2D eigenvalue weighted by molar-refractivity contribution is 5.90. The van der Waals surface area contributed by atoms with Crippen molar-refractivity contribution >= 4 is 41.1 Å². The van der Waals surface area contributed by atoms with Crippen LogP contribution in [0.5, 0.6) is 0 Å². The van der Waals surface area contributed by atoms with Crippen molar-refractivity contribution in [2.75, 3.05) is 25.0 Å². The van der Waals surface area contributed by atoms with Gasteiger partial charge >= 0.3 is 11.9 Å². The molecule has 0 aliphatic carbocycles. The number of hydrogen-bond acceptors (Lipinski definition) is 9. The van der Waals surface area contributed by atoms with Gasteiger partial charge in [-0.15, -0.1) is 0 Å². The predicted molar refractivity (Wildman–Crippen MR) is 210 cm³/mol. The molecule has 0 bridgehead atoms. The summed E-state index contributed by atoms with van der Waals surface area (Å²) in [7, 11) is 0. The molecule has 3 aromatic rings. The summed E-state index contributed by atoms with van der Waals surface area (Å²) >= 11 is 0. The van der Waals surface area contributed by atoms with E-state index < -0.39 is 41.8 Å². The molecule has 0 spiro atoms. The Morgan fingerprint density at radius 2 is 1.40 bits per heavy atom. The van der Waals surface area contributed by atoms with Gasteiger partial charge in [-0.05, 0) is 79.5 Å². The number of hydrogen-bond donors (Lipinski definition) is 8. The van der Waals surface area contributed by atoms with Crippen molar-refractivity contribution < 1.29 is 39.0 Å². The molecule has 0 unspecified atom stereocenters. The molecular weight excluding hydrogens is 704 g/mol. The van der Waals surface area contributed by atoms with Crippen LogP contribution in [0.4, 0.5) is 5.69 Å². The topological polar surface area (TPSA) is 243 Å². The molecular formula is C41H54N6O8. The van der Waals surface area contributed by atoms with E-state index in [9.17, 15) is 33.9 Å². The van der Waals surface area contributed by atoms with E-state index in [4.69, 9.17) is 16.6 Å². The van der Waals surface area contributed by atoms with Crippen LogP contribution in [0.1, 0.15) is 63.0 Å². The maximum atomic E-state index is 13.5. The number of carboxylic acids is 2. The number of ketones is 1. The SMILES string of the molecule is CC(=O)Nc1ccc(-c2ccc(C[C@@H](CC(=O)[C@@H](N)CCNC[C@@H](N)CCc3ccccc3)C(=O)NCC[C@@H](NC(=O)CCCC(=O)O)C(=O)O)cc2)cc1. The first-order valence-electron chi connectivity index (χ1n) is 18.6. The first-order chi connectivity index (χ1) is 26.3. The molecule has 0 saturated heterocycles. The number of aryl methyl sites for hydroxylation is 1. The zero-order chi connectivity index (χ0) is 40.2. The number of rotatable bonds is 25. The lowest BCUT2D eigenvalue weighted by Gasteiger charge is -2.20. The summed E-state index contributed by atoms with van der Waals surface area (Å²) in [5.74, 6) is -4.69. The number of nitrogens with one attached hydrogen (secondary N) is 4. The van der Waals surface area contributed by atoms with Crippen molar-refractivity contribution in [2.45, 2.75) is 82.8 Å². The van der Waals surface area contributed by atoms with Crippen LogP contribution < -0.4 is 32.7 Å². The number of carboxylic acid groups (broad SMARTS) is 2. The fraction of sp³-hybridized carbons (Fsp3) is 0.415. The maximum Gasteiger partial charge on any atom is 0.326 e. The van der Waals surface area contributed by atoms with E-state index in [1.807, 2.05) is 54.6 Å². The minimum absolute atomic E-state index is 0.0618. The van der Waals surface area contributed by atoms with Gasteiger partial charge in [-0.2, -0.15) is 0 Å². The first-order valence-corrected chi connectivity index (χ1v) is 18.6. The van der Waals surface area contributed by atoms with Crippen molar-refractivity contribution in [3.8, 4) is 11.1 Å². The zero-order valence-electron chi connectivity index (χ0n) is 31.3. The summed E-state index contributed by atoms with van der Waals surface area (Å²) < 4.78 is 0. The van der Waals surface area contributed by atoms with Gasteiger partial charge < -0.3 is 42.9 Å². The van der Waals surface area contributed by atoms with Gasteiger partial charge in [0.15, 0.2) is 0 Å². The highest BCUT2D eigenvalue weighted by Gasteiger charge is 2.26. The minimum Gasteiger partial charge on any atom is -0.481 e. The zero-order valence-corrected chi connectivity index (χ0v) is 31.3. The molecule has 4 atom stereocenters. The quantitative estimate of drug-likeness (QED) is 0.0584. The van der Waals surface area contributed by atoms with Gasteiger partial charge in [-0.1, -0.05) is 66.7 Å². The number of anilines is 1. The van der Waals surface area contributed by atoms with Crippen LogP contribution in [-0.4, -0.2) is 83.4 Å². The van der Waals surface area contributed by atoms with Crippen LogP contribution in [-0.2, 0) is 41.6 Å². The van der Waals surface area contributed by atoms with Crippen molar-refractivity contribution in [1.82, 2.24) is 16.0 Å². The molecule has 0 heterocycles. The number of Topliss-reactive ketones (excluding diaryl/α,β-unsaturated/α-hetero) is 1. The number of aliphatic carboxylic acids is 2. The van der Waals surface area contributed by atoms with E-state index in [2.05, 4.69) is 33.4 Å². The summed E-state index contributed by atoms with van der Waals surface area (Å²) in [4.78, 5) is 72.9. The third-order valence-electron chi connectivity index (χ3n) is 9.05. The number of benzene rings is 3. The standard InChI is InChI=1S/C41H54N6O8/c1-27(48)46-34-18-15-31(16-19-34)30-13-10-29(11-14-30)24-32(40(53)45-23-21-36(41(54)55)47-38(50)8-5-9-39(51)52)25-37(49)35(43)20-22-44-26-33(42)17-12-28-6-3-2-4-7-28/h2-4,6-7,10-11,13-16,18-19,32-33,35-36,44H,5,8-9,12,17,20-26,42-43H2,1H3,(H,45,53)(H,46,48)(H,47,50)(H,51,52)(H,54,55)/t32-,33-,35-,36+/m0/s1. The molecule has 3 aromatic carbocycles. The number of carbonyl (C=O) groups excluding carboxylic acids is 4. The van der Waals surface area contributed by atoms with Crippen LogP contribution in [0.25, 0.3) is 11.1 Å². The Kier molecular flexibility index (Phi) is 18.7. The monoisotopic (exact) mass is 758 g/mol. The molecule has 14 heteroatoms. The van der Waals surface area contributed by atoms with Crippen LogP contribution in [0.3, 0.4) is 0 Å². The molecule has 0 saturated carbocycles. The molecule has 0 aliphatic heterocycles. The summed E-state index contributed by atoms with van der Waals surface area (Å²) in [5.41, 5.74) is 17.1. The van der Waals surface area contributed by atoms with E-state index in [1.165, 1.54) is 12.5 Å². The number of carbonyl (C=O) groups is 6. The highest BCUT2D eigenvalue weighted by Crippen LogP contribution is 2.24. The van der Waals surface area contributed by atoms with Gasteiger partial charge in [-0.25, -0.2) is 4.79 Å². The van der Waals surface area contributed by atoms with Crippen molar-refractivity contribution in [3.63, 3.8) is 0 Å². The normalized spacial score (nSPS) is 13.1. The van der Waals surface area contributed by atoms with E-state index in [1.54, 1.807) is 12.1 Å². The third-order valence-corrected chi connectivity index (χ3v) is 9.05. The van der Waals surface area contributed by atoms with Crippen molar-refractivity contribution in [3.05, 3.63) is 90.0 Å². The predicted octanol–water partition coefficient (Wildman–Crippen LogP) is 3.03. The van der Waals surface area contributed by atoms with Crippen LogP contribution in [0.2, 0.25) is 0 Å². The highest BCUT2D eigenvalue weighted by atomic mass is 16.4. The molecule has 3 amide bonds. The van der Waals surface area contributed by atoms with Gasteiger partial charge in [0.1, 0.15) is 11.8 Å². The molecule has 10 N–H and O–H groups in total. The summed E-state index contributed by atoms with van der Waals surface area (Å²) in [6.45, 7) is 2.37. The molecule has 0 fully saturated rings. The summed E-state index contributed by atoms with van der Waals surface area (Å²) in [6.07, 6.45) is 1.65. The van der Waals surface area contributed by atoms with Crippen LogP contribution in [0, 0.1) is 5.92 Å².